The zero-order valence-corrected chi connectivity index (χ0v) is 20.8. The van der Waals surface area contributed by atoms with Gasteiger partial charge in [0.05, 0.1) is 30.6 Å². The number of halogens is 1. The second-order valence-corrected chi connectivity index (χ2v) is 8.09. The van der Waals surface area contributed by atoms with Gasteiger partial charge in [-0.25, -0.2) is 4.98 Å². The summed E-state index contributed by atoms with van der Waals surface area (Å²) in [4.78, 5) is 11.4. The number of benzene rings is 1. The largest absolute Gasteiger partial charge is 0.379 e. The number of nitrogens with one attached hydrogen (secondary N) is 2. The first-order chi connectivity index (χ1) is 14.2. The van der Waals surface area contributed by atoms with Gasteiger partial charge in [0.2, 0.25) is 0 Å². The van der Waals surface area contributed by atoms with Crippen LogP contribution in [0.5, 0.6) is 0 Å². The van der Waals surface area contributed by atoms with Crippen molar-refractivity contribution in [2.75, 3.05) is 46.4 Å². The van der Waals surface area contributed by atoms with E-state index in [9.17, 15) is 0 Å². The number of aromatic nitrogens is 2. The molecule has 3 rings (SSSR count). The van der Waals surface area contributed by atoms with Crippen LogP contribution < -0.4 is 10.6 Å². The van der Waals surface area contributed by atoms with Crippen molar-refractivity contribution in [1.29, 1.82) is 0 Å². The van der Waals surface area contributed by atoms with Crippen LogP contribution in [-0.4, -0.2) is 72.9 Å². The van der Waals surface area contributed by atoms with Crippen molar-refractivity contribution in [3.8, 4) is 0 Å². The van der Waals surface area contributed by atoms with Gasteiger partial charge in [-0.15, -0.1) is 24.0 Å². The summed E-state index contributed by atoms with van der Waals surface area (Å²) in [5.74, 6) is 1.55. The Labute approximate surface area is 197 Å². The Bertz CT molecular complexity index is 772. The Morgan fingerprint density at radius 2 is 1.97 bits per heavy atom. The average Bonchev–Trinajstić information content (AvgIpc) is 3.16. The van der Waals surface area contributed by atoms with Crippen molar-refractivity contribution in [3.63, 3.8) is 0 Å². The molecule has 30 heavy (non-hydrogen) atoms. The molecule has 1 fully saturated rings. The zero-order chi connectivity index (χ0) is 20.5. The van der Waals surface area contributed by atoms with E-state index < -0.39 is 0 Å². The molecule has 1 aromatic carbocycles. The van der Waals surface area contributed by atoms with Crippen molar-refractivity contribution in [3.05, 3.63) is 30.6 Å². The maximum Gasteiger partial charge on any atom is 0.191 e. The van der Waals surface area contributed by atoms with E-state index in [1.54, 1.807) is 0 Å². The number of hydrogen-bond acceptors (Lipinski definition) is 4. The fraction of sp³-hybridized carbons (Fsp3) is 0.636. The maximum absolute atomic E-state index is 5.52. The number of fused-ring (bicyclic) bond motifs is 1. The molecule has 168 valence electrons. The number of morpholine rings is 1. The fourth-order valence-electron chi connectivity index (χ4n) is 3.93. The molecule has 0 bridgehead atoms. The third-order valence-corrected chi connectivity index (χ3v) is 5.43. The molecular weight excluding hydrogens is 491 g/mol. The molecule has 0 saturated carbocycles. The quantitative estimate of drug-likeness (QED) is 0.227. The molecular formula is C22H37IN6O. The fourth-order valence-corrected chi connectivity index (χ4v) is 3.93. The van der Waals surface area contributed by atoms with E-state index in [-0.39, 0.29) is 24.0 Å². The molecule has 0 aliphatic carbocycles. The van der Waals surface area contributed by atoms with Gasteiger partial charge < -0.3 is 19.9 Å². The minimum atomic E-state index is 0. The van der Waals surface area contributed by atoms with Crippen LogP contribution in [-0.2, 0) is 11.3 Å². The topological polar surface area (TPSA) is 66.7 Å². The van der Waals surface area contributed by atoms with Crippen LogP contribution in [0.4, 0.5) is 0 Å². The smallest absolute Gasteiger partial charge is 0.191 e. The second-order valence-electron chi connectivity index (χ2n) is 8.09. The van der Waals surface area contributed by atoms with E-state index in [0.29, 0.717) is 12.0 Å². The van der Waals surface area contributed by atoms with Crippen LogP contribution in [0.3, 0.4) is 0 Å². The SMILES string of the molecule is CN=C(NCCCn1cnc2ccccc21)NCC(CC(C)C)N1CCOCC1.I. The van der Waals surface area contributed by atoms with Gasteiger partial charge in [-0.1, -0.05) is 26.0 Å². The summed E-state index contributed by atoms with van der Waals surface area (Å²) < 4.78 is 7.73. The molecule has 1 aliphatic heterocycles. The first kappa shape index (κ1) is 24.9. The average molecular weight is 528 g/mol. The van der Waals surface area contributed by atoms with Crippen molar-refractivity contribution in [1.82, 2.24) is 25.1 Å². The third-order valence-electron chi connectivity index (χ3n) is 5.43. The Kier molecular flexibility index (Phi) is 10.9. The summed E-state index contributed by atoms with van der Waals surface area (Å²) in [7, 11) is 1.84. The number of imidazole rings is 1. The molecule has 1 saturated heterocycles. The van der Waals surface area contributed by atoms with Crippen LogP contribution in [0.15, 0.2) is 35.6 Å². The molecule has 1 aliphatic rings. The molecule has 2 heterocycles. The summed E-state index contributed by atoms with van der Waals surface area (Å²) in [6.07, 6.45) is 4.12. The van der Waals surface area contributed by atoms with E-state index in [0.717, 1.165) is 63.8 Å². The predicted molar refractivity (Wildman–Crippen MR) is 135 cm³/mol. The number of guanidine groups is 1. The van der Waals surface area contributed by atoms with Crippen molar-refractivity contribution in [2.45, 2.75) is 39.3 Å². The highest BCUT2D eigenvalue weighted by molar-refractivity contribution is 14.0. The van der Waals surface area contributed by atoms with Crippen LogP contribution >= 0.6 is 24.0 Å². The van der Waals surface area contributed by atoms with Crippen LogP contribution in [0, 0.1) is 5.92 Å². The lowest BCUT2D eigenvalue weighted by atomic mass is 10.0. The summed E-state index contributed by atoms with van der Waals surface area (Å²) in [5, 5.41) is 6.99. The first-order valence-corrected chi connectivity index (χ1v) is 10.8. The van der Waals surface area contributed by atoms with Gasteiger partial charge in [0, 0.05) is 45.8 Å². The summed E-state index contributed by atoms with van der Waals surface area (Å²) >= 11 is 0. The zero-order valence-electron chi connectivity index (χ0n) is 18.5. The van der Waals surface area contributed by atoms with Gasteiger partial charge >= 0.3 is 0 Å². The summed E-state index contributed by atoms with van der Waals surface area (Å²) in [6, 6.07) is 8.77. The van der Waals surface area contributed by atoms with Crippen LogP contribution in [0.2, 0.25) is 0 Å². The Morgan fingerprint density at radius 3 is 2.70 bits per heavy atom. The van der Waals surface area contributed by atoms with Gasteiger partial charge in [-0.3, -0.25) is 9.89 Å². The van der Waals surface area contributed by atoms with Crippen molar-refractivity contribution < 1.29 is 4.74 Å². The molecule has 0 amide bonds. The third kappa shape index (κ3) is 7.39. The molecule has 2 aromatic rings. The maximum atomic E-state index is 5.52. The standard InChI is InChI=1S/C22H36N6O.HI/c1-18(2)15-19(27-11-13-29-14-12-27)16-25-22(23-3)24-9-6-10-28-17-26-20-7-4-5-8-21(20)28;/h4-5,7-8,17-19H,6,9-16H2,1-3H3,(H2,23,24,25);1H. The highest BCUT2D eigenvalue weighted by Crippen LogP contribution is 2.13. The van der Waals surface area contributed by atoms with Crippen LogP contribution in [0.25, 0.3) is 11.0 Å². The Balaban J connectivity index is 0.00000320. The van der Waals surface area contributed by atoms with Crippen LogP contribution in [0.1, 0.15) is 26.7 Å². The number of rotatable bonds is 9. The van der Waals surface area contributed by atoms with Gasteiger partial charge in [-0.2, -0.15) is 0 Å². The normalized spacial score (nSPS) is 16.5. The minimum absolute atomic E-state index is 0. The molecule has 0 spiro atoms. The molecule has 0 radical (unpaired) electrons. The molecule has 1 atom stereocenters. The number of hydrogen-bond donors (Lipinski definition) is 2. The number of aryl methyl sites for hydroxylation is 1. The Hall–Kier alpha value is -1.39. The van der Waals surface area contributed by atoms with E-state index in [4.69, 9.17) is 4.74 Å². The van der Waals surface area contributed by atoms with Crippen molar-refractivity contribution in [2.24, 2.45) is 10.9 Å². The van der Waals surface area contributed by atoms with E-state index >= 15 is 0 Å². The molecule has 1 unspecified atom stereocenters. The molecule has 8 heteroatoms. The van der Waals surface area contributed by atoms with Gasteiger partial charge in [0.1, 0.15) is 0 Å². The molecule has 1 aromatic heterocycles. The lowest BCUT2D eigenvalue weighted by Crippen LogP contribution is -2.51. The Morgan fingerprint density at radius 1 is 1.20 bits per heavy atom. The molecule has 2 N–H and O–H groups in total. The van der Waals surface area contributed by atoms with Gasteiger partial charge in [0.15, 0.2) is 5.96 Å². The number of para-hydroxylation sites is 2. The second kappa shape index (κ2) is 13.1. The predicted octanol–water partition coefficient (Wildman–Crippen LogP) is 2.96. The summed E-state index contributed by atoms with van der Waals surface area (Å²) in [6.45, 7) is 11.0. The minimum Gasteiger partial charge on any atom is -0.379 e. The van der Waals surface area contributed by atoms with Crippen molar-refractivity contribution >= 4 is 41.0 Å². The number of nitrogens with zero attached hydrogens (tertiary/aromatic N) is 4. The van der Waals surface area contributed by atoms with E-state index in [1.807, 2.05) is 19.4 Å². The van der Waals surface area contributed by atoms with Gasteiger partial charge in [0.25, 0.3) is 0 Å². The number of ether oxygens (including phenoxy) is 1. The van der Waals surface area contributed by atoms with E-state index in [2.05, 4.69) is 62.1 Å². The highest BCUT2D eigenvalue weighted by Gasteiger charge is 2.22. The highest BCUT2D eigenvalue weighted by atomic mass is 127. The molecule has 7 nitrogen and oxygen atoms in total. The lowest BCUT2D eigenvalue weighted by Gasteiger charge is -2.35. The number of aliphatic imine (C=N–C) groups is 1. The van der Waals surface area contributed by atoms with E-state index in [1.165, 1.54) is 11.9 Å². The lowest BCUT2D eigenvalue weighted by molar-refractivity contribution is 0.0132. The monoisotopic (exact) mass is 528 g/mol. The first-order valence-electron chi connectivity index (χ1n) is 10.8. The summed E-state index contributed by atoms with van der Waals surface area (Å²) in [5.41, 5.74) is 2.24. The van der Waals surface area contributed by atoms with Gasteiger partial charge in [-0.05, 0) is 30.9 Å².